The quantitative estimate of drug-likeness (QED) is 0.166. The number of benzene rings is 8. The number of furan rings is 2. The molecule has 0 radical (unpaired) electrons. The van der Waals surface area contributed by atoms with Crippen LogP contribution in [0.5, 0.6) is 0 Å². The molecule has 5 heteroatoms. The summed E-state index contributed by atoms with van der Waals surface area (Å²) in [5.41, 5.74) is 11.4. The van der Waals surface area contributed by atoms with Gasteiger partial charge in [-0.15, -0.1) is 0 Å². The highest BCUT2D eigenvalue weighted by Gasteiger charge is 2.46. The van der Waals surface area contributed by atoms with Crippen LogP contribution in [0.2, 0.25) is 0 Å². The van der Waals surface area contributed by atoms with Crippen LogP contribution in [0.4, 0.5) is 0 Å². The SMILES string of the molecule is Brc1cccc2oc3ccccc3c12.Cc1cccc(C2(c3ccccc3)c3cccc4oc5cccc2c5c34)c1.O=C(c1ccccc1)c1cccc(Br)c1. The van der Waals surface area contributed by atoms with Gasteiger partial charge in [-0.25, -0.2) is 0 Å². The average molecular weight is 855 g/mol. The summed E-state index contributed by atoms with van der Waals surface area (Å²) in [5, 5.41) is 4.83. The average Bonchev–Trinajstić information content (AvgIpc) is 3.92. The highest BCUT2D eigenvalue weighted by molar-refractivity contribution is 9.11. The Labute approximate surface area is 341 Å². The van der Waals surface area contributed by atoms with Gasteiger partial charge < -0.3 is 8.83 Å². The predicted octanol–water partition coefficient (Wildman–Crippen LogP) is 14.6. The Bertz CT molecular complexity index is 2970. The van der Waals surface area contributed by atoms with E-state index in [2.05, 4.69) is 136 Å². The van der Waals surface area contributed by atoms with Crippen molar-refractivity contribution >= 4 is 81.5 Å². The van der Waals surface area contributed by atoms with E-state index in [4.69, 9.17) is 8.83 Å². The summed E-state index contributed by atoms with van der Waals surface area (Å²) in [6, 6.07) is 63.5. The summed E-state index contributed by atoms with van der Waals surface area (Å²) in [5.74, 6) is 0.0527. The smallest absolute Gasteiger partial charge is 0.193 e. The topological polar surface area (TPSA) is 43.4 Å². The van der Waals surface area contributed by atoms with Gasteiger partial charge in [-0.05, 0) is 71.6 Å². The van der Waals surface area contributed by atoms with E-state index in [-0.39, 0.29) is 11.2 Å². The van der Waals surface area contributed by atoms with Crippen molar-refractivity contribution in [3.05, 3.63) is 236 Å². The molecule has 270 valence electrons. The number of carbonyl (C=O) groups excluding carboxylic acids is 1. The summed E-state index contributed by atoms with van der Waals surface area (Å²) in [6.45, 7) is 2.17. The van der Waals surface area contributed by atoms with Gasteiger partial charge in [-0.1, -0.05) is 183 Å². The van der Waals surface area contributed by atoms with Crippen molar-refractivity contribution in [2.24, 2.45) is 0 Å². The molecule has 1 aliphatic rings. The fourth-order valence-corrected chi connectivity index (χ4v) is 9.07. The highest BCUT2D eigenvalue weighted by Crippen LogP contribution is 2.56. The molecule has 0 amide bonds. The van der Waals surface area contributed by atoms with Gasteiger partial charge in [0.2, 0.25) is 0 Å². The molecule has 10 aromatic rings. The third-order valence-electron chi connectivity index (χ3n) is 10.5. The van der Waals surface area contributed by atoms with Crippen molar-refractivity contribution in [1.29, 1.82) is 0 Å². The van der Waals surface area contributed by atoms with Gasteiger partial charge in [-0.3, -0.25) is 4.79 Å². The van der Waals surface area contributed by atoms with Gasteiger partial charge in [0, 0.05) is 41.6 Å². The van der Waals surface area contributed by atoms with E-state index in [1.165, 1.54) is 38.6 Å². The zero-order chi connectivity index (χ0) is 38.2. The fourth-order valence-electron chi connectivity index (χ4n) is 8.11. The minimum absolute atomic E-state index is 0.0527. The molecule has 0 saturated heterocycles. The van der Waals surface area contributed by atoms with Crippen molar-refractivity contribution in [1.82, 2.24) is 0 Å². The van der Waals surface area contributed by atoms with Gasteiger partial charge in [-0.2, -0.15) is 0 Å². The van der Waals surface area contributed by atoms with E-state index >= 15 is 0 Å². The molecule has 0 aliphatic heterocycles. The monoisotopic (exact) mass is 852 g/mol. The van der Waals surface area contributed by atoms with Crippen molar-refractivity contribution in [2.75, 3.05) is 0 Å². The molecule has 56 heavy (non-hydrogen) atoms. The van der Waals surface area contributed by atoms with Gasteiger partial charge >= 0.3 is 0 Å². The zero-order valence-corrected chi connectivity index (χ0v) is 33.6. The normalized spacial score (nSPS) is 12.4. The number of ketones is 1. The lowest BCUT2D eigenvalue weighted by Crippen LogP contribution is -2.29. The predicted molar refractivity (Wildman–Crippen MR) is 236 cm³/mol. The molecule has 0 atom stereocenters. The van der Waals surface area contributed by atoms with Crippen LogP contribution in [0, 0.1) is 6.92 Å². The summed E-state index contributed by atoms with van der Waals surface area (Å²) in [7, 11) is 0. The van der Waals surface area contributed by atoms with Crippen LogP contribution in [0.15, 0.2) is 206 Å². The second kappa shape index (κ2) is 14.9. The van der Waals surface area contributed by atoms with Gasteiger partial charge in [0.1, 0.15) is 22.3 Å². The van der Waals surface area contributed by atoms with E-state index < -0.39 is 0 Å². The summed E-state index contributed by atoms with van der Waals surface area (Å²) >= 11 is 6.89. The summed E-state index contributed by atoms with van der Waals surface area (Å²) < 4.78 is 13.9. The largest absolute Gasteiger partial charge is 0.456 e. The molecule has 0 unspecified atom stereocenters. The first-order valence-corrected chi connectivity index (χ1v) is 20.0. The van der Waals surface area contributed by atoms with Crippen LogP contribution >= 0.6 is 31.9 Å². The van der Waals surface area contributed by atoms with Crippen LogP contribution in [0.1, 0.15) is 43.7 Å². The number of carbonyl (C=O) groups is 1. The molecule has 0 N–H and O–H groups in total. The lowest BCUT2D eigenvalue weighted by molar-refractivity contribution is 0.103. The Kier molecular flexibility index (Phi) is 9.50. The van der Waals surface area contributed by atoms with E-state index in [0.717, 1.165) is 47.6 Å². The van der Waals surface area contributed by atoms with Crippen LogP contribution < -0.4 is 0 Å². The summed E-state index contributed by atoms with van der Waals surface area (Å²) in [6.07, 6.45) is 0. The molecule has 0 bridgehead atoms. The molecule has 11 rings (SSSR count). The van der Waals surface area contributed by atoms with E-state index in [0.29, 0.717) is 5.56 Å². The standard InChI is InChI=1S/C26H18O.C13H9BrO.C12H7BrO/c1-17-8-5-11-19(16-17)26(18-9-3-2-4-10-18)20-12-6-14-22-24(20)25-21(26)13-7-15-23(25)27-22;14-12-8-4-7-11(9-12)13(15)10-5-2-1-3-6-10;13-9-5-3-7-11-12(9)8-4-1-2-6-10(8)14-11/h2-16H,1H3;1-9H;1-7H. The number of fused-ring (bicyclic) bond motifs is 3. The number of halogens is 2. The Morgan fingerprint density at radius 2 is 0.982 bits per heavy atom. The highest BCUT2D eigenvalue weighted by atomic mass is 79.9. The third-order valence-corrected chi connectivity index (χ3v) is 11.6. The molecule has 8 aromatic carbocycles. The lowest BCUT2D eigenvalue weighted by atomic mass is 9.67. The Hall–Kier alpha value is -6.01. The van der Waals surface area contributed by atoms with E-state index in [1.807, 2.05) is 91.0 Å². The zero-order valence-electron chi connectivity index (χ0n) is 30.4. The van der Waals surface area contributed by atoms with Gasteiger partial charge in [0.15, 0.2) is 5.78 Å². The summed E-state index contributed by atoms with van der Waals surface area (Å²) in [4.78, 5) is 12.0. The molecular formula is C51H34Br2O3. The van der Waals surface area contributed by atoms with Crippen LogP contribution in [-0.4, -0.2) is 5.78 Å². The Morgan fingerprint density at radius 3 is 1.66 bits per heavy atom. The molecule has 0 spiro atoms. The first-order chi connectivity index (χ1) is 27.4. The number of rotatable bonds is 4. The minimum Gasteiger partial charge on any atom is -0.456 e. The third kappa shape index (κ3) is 6.18. The molecule has 2 heterocycles. The fraction of sp³-hybridized carbons (Fsp3) is 0.0392. The van der Waals surface area contributed by atoms with Gasteiger partial charge in [0.05, 0.1) is 5.41 Å². The molecule has 1 aliphatic carbocycles. The molecule has 3 nitrogen and oxygen atoms in total. The number of para-hydroxylation sites is 1. The lowest BCUT2D eigenvalue weighted by Gasteiger charge is -2.34. The molecule has 2 aromatic heterocycles. The first-order valence-electron chi connectivity index (χ1n) is 18.4. The first kappa shape index (κ1) is 35.7. The molecule has 0 saturated carbocycles. The maximum absolute atomic E-state index is 12.0. The number of aryl methyl sites for hydroxylation is 1. The molecule has 0 fully saturated rings. The second-order valence-corrected chi connectivity index (χ2v) is 15.6. The number of hydrogen-bond donors (Lipinski definition) is 0. The van der Waals surface area contributed by atoms with Crippen molar-refractivity contribution in [3.63, 3.8) is 0 Å². The van der Waals surface area contributed by atoms with Crippen molar-refractivity contribution in [2.45, 2.75) is 12.3 Å². The van der Waals surface area contributed by atoms with Gasteiger partial charge in [0.25, 0.3) is 0 Å². The Morgan fingerprint density at radius 1 is 0.464 bits per heavy atom. The van der Waals surface area contributed by atoms with Crippen LogP contribution in [0.25, 0.3) is 43.9 Å². The second-order valence-electron chi connectivity index (χ2n) is 13.9. The van der Waals surface area contributed by atoms with Crippen molar-refractivity contribution < 1.29 is 13.6 Å². The number of hydrogen-bond acceptors (Lipinski definition) is 3. The van der Waals surface area contributed by atoms with E-state index in [1.54, 1.807) is 0 Å². The minimum atomic E-state index is -0.312. The van der Waals surface area contributed by atoms with Crippen molar-refractivity contribution in [3.8, 4) is 0 Å². The molecular weight excluding hydrogens is 820 g/mol. The maximum Gasteiger partial charge on any atom is 0.193 e. The maximum atomic E-state index is 12.0. The van der Waals surface area contributed by atoms with Crippen LogP contribution in [-0.2, 0) is 5.41 Å². The van der Waals surface area contributed by atoms with Crippen LogP contribution in [0.3, 0.4) is 0 Å². The van der Waals surface area contributed by atoms with E-state index in [9.17, 15) is 4.79 Å². The Balaban J connectivity index is 0.000000120.